The van der Waals surface area contributed by atoms with Crippen LogP contribution in [0.2, 0.25) is 0 Å². The van der Waals surface area contributed by atoms with Gasteiger partial charge < -0.3 is 4.74 Å². The standard InChI is InChI=1S/C8H12F2O2/c1-3-6(5-12-4-2)7(11)8(9)10/h5,8H,3-4H2,1-2H3/b6-5+. The molecule has 70 valence electrons. The molecule has 2 nitrogen and oxygen atoms in total. The summed E-state index contributed by atoms with van der Waals surface area (Å²) < 4.78 is 28.4. The van der Waals surface area contributed by atoms with Crippen LogP contribution in [-0.4, -0.2) is 18.8 Å². The molecule has 0 rings (SSSR count). The van der Waals surface area contributed by atoms with Crippen molar-refractivity contribution in [1.82, 2.24) is 0 Å². The van der Waals surface area contributed by atoms with Gasteiger partial charge in [0, 0.05) is 5.57 Å². The highest BCUT2D eigenvalue weighted by molar-refractivity contribution is 5.97. The number of alkyl halides is 2. The van der Waals surface area contributed by atoms with E-state index in [2.05, 4.69) is 0 Å². The molecular formula is C8H12F2O2. The van der Waals surface area contributed by atoms with Gasteiger partial charge in [-0.3, -0.25) is 4.79 Å². The molecule has 0 heterocycles. The van der Waals surface area contributed by atoms with Crippen LogP contribution in [0.15, 0.2) is 11.8 Å². The Kier molecular flexibility index (Phi) is 5.25. The fourth-order valence-corrected chi connectivity index (χ4v) is 0.640. The Hall–Kier alpha value is -0.930. The quantitative estimate of drug-likeness (QED) is 0.476. The van der Waals surface area contributed by atoms with Crippen LogP contribution >= 0.6 is 0 Å². The normalized spacial score (nSPS) is 11.9. The van der Waals surface area contributed by atoms with Gasteiger partial charge in [-0.2, -0.15) is 0 Å². The highest BCUT2D eigenvalue weighted by Gasteiger charge is 2.19. The molecular weight excluding hydrogens is 166 g/mol. The number of rotatable bonds is 5. The van der Waals surface area contributed by atoms with Gasteiger partial charge in [-0.25, -0.2) is 8.78 Å². The average Bonchev–Trinajstić information content (AvgIpc) is 2.05. The molecule has 0 N–H and O–H groups in total. The van der Waals surface area contributed by atoms with Gasteiger partial charge in [0.05, 0.1) is 12.9 Å². The summed E-state index contributed by atoms with van der Waals surface area (Å²) in [6, 6.07) is 0. The van der Waals surface area contributed by atoms with Gasteiger partial charge in [0.25, 0.3) is 6.43 Å². The monoisotopic (exact) mass is 178 g/mol. The lowest BCUT2D eigenvalue weighted by atomic mass is 10.1. The molecule has 0 fully saturated rings. The Labute approximate surface area is 70.2 Å². The van der Waals surface area contributed by atoms with Crippen LogP contribution in [-0.2, 0) is 9.53 Å². The summed E-state index contributed by atoms with van der Waals surface area (Å²) in [5.74, 6) is -1.15. The highest BCUT2D eigenvalue weighted by Crippen LogP contribution is 2.08. The molecule has 0 aromatic heterocycles. The smallest absolute Gasteiger partial charge is 0.300 e. The molecule has 4 heteroatoms. The molecule has 0 aliphatic carbocycles. The average molecular weight is 178 g/mol. The fourth-order valence-electron chi connectivity index (χ4n) is 0.640. The maximum Gasteiger partial charge on any atom is 0.300 e. The molecule has 0 spiro atoms. The lowest BCUT2D eigenvalue weighted by Crippen LogP contribution is -2.12. The van der Waals surface area contributed by atoms with E-state index in [0.717, 1.165) is 6.26 Å². The van der Waals surface area contributed by atoms with Crippen molar-refractivity contribution in [3.8, 4) is 0 Å². The number of hydrogen-bond donors (Lipinski definition) is 0. The summed E-state index contributed by atoms with van der Waals surface area (Å²) in [4.78, 5) is 10.7. The van der Waals surface area contributed by atoms with E-state index in [1.54, 1.807) is 13.8 Å². The van der Waals surface area contributed by atoms with E-state index in [4.69, 9.17) is 4.74 Å². The van der Waals surface area contributed by atoms with E-state index in [-0.39, 0.29) is 12.0 Å². The summed E-state index contributed by atoms with van der Waals surface area (Å²) >= 11 is 0. The zero-order chi connectivity index (χ0) is 9.56. The van der Waals surface area contributed by atoms with Crippen molar-refractivity contribution in [2.75, 3.05) is 6.61 Å². The number of carbonyl (C=O) groups excluding carboxylic acids is 1. The van der Waals surface area contributed by atoms with Gasteiger partial charge in [-0.1, -0.05) is 6.92 Å². The first-order chi connectivity index (χ1) is 5.63. The van der Waals surface area contributed by atoms with Crippen molar-refractivity contribution < 1.29 is 18.3 Å². The van der Waals surface area contributed by atoms with Crippen LogP contribution in [0.3, 0.4) is 0 Å². The van der Waals surface area contributed by atoms with Gasteiger partial charge >= 0.3 is 0 Å². The SMILES string of the molecule is CCO/C=C(\CC)C(=O)C(F)F. The van der Waals surface area contributed by atoms with Crippen LogP contribution in [0.1, 0.15) is 20.3 Å². The first-order valence-corrected chi connectivity index (χ1v) is 3.76. The third-order valence-corrected chi connectivity index (χ3v) is 1.29. The summed E-state index contributed by atoms with van der Waals surface area (Å²) in [5, 5.41) is 0. The van der Waals surface area contributed by atoms with Gasteiger partial charge in [0.15, 0.2) is 0 Å². The molecule has 0 aliphatic heterocycles. The molecule has 0 aromatic rings. The van der Waals surface area contributed by atoms with Crippen LogP contribution in [0.5, 0.6) is 0 Å². The first kappa shape index (κ1) is 11.1. The predicted octanol–water partition coefficient (Wildman–Crippen LogP) is 2.15. The number of carbonyl (C=O) groups is 1. The number of ether oxygens (including phenoxy) is 1. The Morgan fingerprint density at radius 1 is 1.50 bits per heavy atom. The van der Waals surface area contributed by atoms with Gasteiger partial charge in [0.1, 0.15) is 0 Å². The maximum atomic E-state index is 11.8. The predicted molar refractivity (Wildman–Crippen MR) is 41.0 cm³/mol. The van der Waals surface area contributed by atoms with Crippen molar-refractivity contribution in [2.45, 2.75) is 26.7 Å². The highest BCUT2D eigenvalue weighted by atomic mass is 19.3. The molecule has 0 saturated carbocycles. The molecule has 12 heavy (non-hydrogen) atoms. The van der Waals surface area contributed by atoms with Crippen molar-refractivity contribution in [2.24, 2.45) is 0 Å². The van der Waals surface area contributed by atoms with Crippen molar-refractivity contribution in [3.05, 3.63) is 11.8 Å². The lowest BCUT2D eigenvalue weighted by molar-refractivity contribution is -0.125. The van der Waals surface area contributed by atoms with E-state index in [9.17, 15) is 13.6 Å². The fraction of sp³-hybridized carbons (Fsp3) is 0.625. The van der Waals surface area contributed by atoms with Crippen molar-refractivity contribution in [1.29, 1.82) is 0 Å². The van der Waals surface area contributed by atoms with Crippen LogP contribution in [0.25, 0.3) is 0 Å². The summed E-state index contributed by atoms with van der Waals surface area (Å²) in [6.07, 6.45) is -1.56. The van der Waals surface area contributed by atoms with Crippen molar-refractivity contribution >= 4 is 5.78 Å². The topological polar surface area (TPSA) is 26.3 Å². The Morgan fingerprint density at radius 3 is 2.42 bits per heavy atom. The van der Waals surface area contributed by atoms with Crippen LogP contribution < -0.4 is 0 Å². The van der Waals surface area contributed by atoms with Crippen molar-refractivity contribution in [3.63, 3.8) is 0 Å². The molecule has 0 bridgehead atoms. The number of ketones is 1. The summed E-state index contributed by atoms with van der Waals surface area (Å²) in [5.41, 5.74) is 0.0341. The van der Waals surface area contributed by atoms with E-state index in [0.29, 0.717) is 6.61 Å². The zero-order valence-electron chi connectivity index (χ0n) is 7.14. The molecule has 0 aromatic carbocycles. The number of allylic oxidation sites excluding steroid dienone is 1. The van der Waals surface area contributed by atoms with Gasteiger partial charge in [-0.05, 0) is 13.3 Å². The summed E-state index contributed by atoms with van der Waals surface area (Å²) in [7, 11) is 0. The minimum Gasteiger partial charge on any atom is -0.501 e. The Bertz CT molecular complexity index is 176. The first-order valence-electron chi connectivity index (χ1n) is 3.76. The van der Waals surface area contributed by atoms with E-state index in [1.807, 2.05) is 0 Å². The largest absolute Gasteiger partial charge is 0.501 e. The van der Waals surface area contributed by atoms with E-state index in [1.165, 1.54) is 0 Å². The van der Waals surface area contributed by atoms with E-state index >= 15 is 0 Å². The lowest BCUT2D eigenvalue weighted by Gasteiger charge is -2.02. The molecule has 0 atom stereocenters. The van der Waals surface area contributed by atoms with Gasteiger partial charge in [0.2, 0.25) is 5.78 Å². The van der Waals surface area contributed by atoms with E-state index < -0.39 is 12.2 Å². The maximum absolute atomic E-state index is 11.8. The second kappa shape index (κ2) is 5.69. The minimum atomic E-state index is -2.93. The van der Waals surface area contributed by atoms with Crippen LogP contribution in [0.4, 0.5) is 8.78 Å². The number of halogens is 2. The Balaban J connectivity index is 4.23. The molecule has 0 radical (unpaired) electrons. The zero-order valence-corrected chi connectivity index (χ0v) is 7.14. The molecule has 0 saturated heterocycles. The minimum absolute atomic E-state index is 0.0341. The number of hydrogen-bond acceptors (Lipinski definition) is 2. The third kappa shape index (κ3) is 3.46. The third-order valence-electron chi connectivity index (χ3n) is 1.29. The second-order valence-electron chi connectivity index (χ2n) is 2.12. The van der Waals surface area contributed by atoms with Crippen LogP contribution in [0, 0.1) is 0 Å². The molecule has 0 aliphatic rings. The molecule has 0 amide bonds. The summed E-state index contributed by atoms with van der Waals surface area (Å²) in [6.45, 7) is 3.72. The Morgan fingerprint density at radius 2 is 2.08 bits per heavy atom. The number of Topliss-reactive ketones (excluding diaryl/α,β-unsaturated/α-hetero) is 1. The van der Waals surface area contributed by atoms with Gasteiger partial charge in [-0.15, -0.1) is 0 Å². The molecule has 0 unspecified atom stereocenters. The second-order valence-corrected chi connectivity index (χ2v) is 2.12.